The van der Waals surface area contributed by atoms with Crippen LogP contribution in [0.3, 0.4) is 0 Å². The second-order valence-electron chi connectivity index (χ2n) is 5.05. The van der Waals surface area contributed by atoms with Crippen LogP contribution in [0.25, 0.3) is 0 Å². The quantitative estimate of drug-likeness (QED) is 0.767. The number of thiocarbonyl (C=S) groups is 1. The van der Waals surface area contributed by atoms with E-state index in [0.717, 1.165) is 30.9 Å². The molecule has 0 aliphatic carbocycles. The summed E-state index contributed by atoms with van der Waals surface area (Å²) in [5, 5.41) is 0. The zero-order valence-corrected chi connectivity index (χ0v) is 13.1. The zero-order chi connectivity index (χ0) is 14.4. The van der Waals surface area contributed by atoms with E-state index in [1.807, 2.05) is 12.1 Å². The van der Waals surface area contributed by atoms with Crippen LogP contribution >= 0.6 is 12.2 Å². The van der Waals surface area contributed by atoms with Gasteiger partial charge in [-0.25, -0.2) is 0 Å². The van der Waals surface area contributed by atoms with Gasteiger partial charge in [-0.15, -0.1) is 0 Å². The first-order valence-electron chi connectivity index (χ1n) is 6.58. The normalized spacial score (nSPS) is 12.9. The first kappa shape index (κ1) is 16.0. The highest BCUT2D eigenvalue weighted by Gasteiger charge is 2.16. The molecule has 0 amide bonds. The van der Waals surface area contributed by atoms with Gasteiger partial charge in [0.15, 0.2) is 0 Å². The number of nitrogens with two attached hydrogens (primary N) is 1. The molecule has 5 heteroatoms. The first-order valence-corrected chi connectivity index (χ1v) is 6.99. The largest absolute Gasteiger partial charge is 0.388 e. The predicted molar refractivity (Wildman–Crippen MR) is 84.2 cm³/mol. The maximum atomic E-state index is 5.73. The standard InChI is InChI=1S/C14H24N4S/c1-5-18(11(2)9-17(3)4)10-12-7-6-8-16-13(12)14(15)19/h6-8,11H,5,9-10H2,1-4H3,(H2,15,19). The van der Waals surface area contributed by atoms with Crippen LogP contribution in [0, 0.1) is 0 Å². The number of aromatic nitrogens is 1. The van der Waals surface area contributed by atoms with Crippen molar-refractivity contribution in [2.75, 3.05) is 27.2 Å². The van der Waals surface area contributed by atoms with Crippen LogP contribution in [0.2, 0.25) is 0 Å². The van der Waals surface area contributed by atoms with Gasteiger partial charge < -0.3 is 10.6 Å². The van der Waals surface area contributed by atoms with Gasteiger partial charge in [-0.1, -0.05) is 25.2 Å². The maximum Gasteiger partial charge on any atom is 0.123 e. The molecule has 1 heterocycles. The Morgan fingerprint density at radius 2 is 2.16 bits per heavy atom. The van der Waals surface area contributed by atoms with Gasteiger partial charge in [-0.3, -0.25) is 9.88 Å². The lowest BCUT2D eigenvalue weighted by Crippen LogP contribution is -2.39. The van der Waals surface area contributed by atoms with Crippen molar-refractivity contribution in [1.29, 1.82) is 0 Å². The molecule has 2 N–H and O–H groups in total. The van der Waals surface area contributed by atoms with Gasteiger partial charge in [0.25, 0.3) is 0 Å². The van der Waals surface area contributed by atoms with Gasteiger partial charge in [-0.2, -0.15) is 0 Å². The number of rotatable bonds is 7. The van der Waals surface area contributed by atoms with Gasteiger partial charge in [0.2, 0.25) is 0 Å². The summed E-state index contributed by atoms with van der Waals surface area (Å²) >= 11 is 5.06. The van der Waals surface area contributed by atoms with Gasteiger partial charge in [0.05, 0.1) is 0 Å². The van der Waals surface area contributed by atoms with Crippen molar-refractivity contribution < 1.29 is 0 Å². The third kappa shape index (κ3) is 4.86. The second kappa shape index (κ2) is 7.53. The van der Waals surface area contributed by atoms with Crippen molar-refractivity contribution >= 4 is 17.2 Å². The van der Waals surface area contributed by atoms with E-state index in [2.05, 4.69) is 42.7 Å². The van der Waals surface area contributed by atoms with Crippen LogP contribution in [-0.2, 0) is 6.54 Å². The van der Waals surface area contributed by atoms with Crippen molar-refractivity contribution in [3.8, 4) is 0 Å². The van der Waals surface area contributed by atoms with E-state index in [9.17, 15) is 0 Å². The number of hydrogen-bond donors (Lipinski definition) is 1. The average Bonchev–Trinajstić information content (AvgIpc) is 2.35. The molecule has 19 heavy (non-hydrogen) atoms. The van der Waals surface area contributed by atoms with Crippen molar-refractivity contribution in [3.63, 3.8) is 0 Å². The summed E-state index contributed by atoms with van der Waals surface area (Å²) in [6.45, 7) is 7.24. The van der Waals surface area contributed by atoms with Crippen LogP contribution in [0.1, 0.15) is 25.1 Å². The fourth-order valence-corrected chi connectivity index (χ4v) is 2.41. The van der Waals surface area contributed by atoms with Crippen molar-refractivity contribution in [1.82, 2.24) is 14.8 Å². The van der Waals surface area contributed by atoms with E-state index in [-0.39, 0.29) is 0 Å². The maximum absolute atomic E-state index is 5.73. The Morgan fingerprint density at radius 1 is 1.47 bits per heavy atom. The molecule has 1 rings (SSSR count). The molecule has 0 spiro atoms. The predicted octanol–water partition coefficient (Wildman–Crippen LogP) is 1.49. The molecule has 106 valence electrons. The van der Waals surface area contributed by atoms with Crippen LogP contribution in [-0.4, -0.2) is 53.0 Å². The third-order valence-electron chi connectivity index (χ3n) is 3.16. The molecule has 0 aliphatic rings. The molecular weight excluding hydrogens is 256 g/mol. The van der Waals surface area contributed by atoms with E-state index < -0.39 is 0 Å². The molecule has 0 saturated carbocycles. The first-order chi connectivity index (χ1) is 8.95. The van der Waals surface area contributed by atoms with Gasteiger partial charge in [-0.05, 0) is 39.2 Å². The lowest BCUT2D eigenvalue weighted by atomic mass is 10.1. The molecule has 1 aromatic rings. The molecule has 1 aromatic heterocycles. The van der Waals surface area contributed by atoms with Crippen LogP contribution in [0.15, 0.2) is 18.3 Å². The lowest BCUT2D eigenvalue weighted by Gasteiger charge is -2.30. The second-order valence-corrected chi connectivity index (χ2v) is 5.49. The molecule has 0 radical (unpaired) electrons. The summed E-state index contributed by atoms with van der Waals surface area (Å²) in [7, 11) is 4.18. The van der Waals surface area contributed by atoms with Crippen molar-refractivity contribution in [2.24, 2.45) is 5.73 Å². The van der Waals surface area contributed by atoms with Crippen molar-refractivity contribution in [2.45, 2.75) is 26.4 Å². The van der Waals surface area contributed by atoms with Gasteiger partial charge >= 0.3 is 0 Å². The van der Waals surface area contributed by atoms with Crippen molar-refractivity contribution in [3.05, 3.63) is 29.6 Å². The van der Waals surface area contributed by atoms with Crippen LogP contribution in [0.4, 0.5) is 0 Å². The molecule has 4 nitrogen and oxygen atoms in total. The Hall–Kier alpha value is -1.04. The molecule has 0 aromatic carbocycles. The van der Waals surface area contributed by atoms with Crippen LogP contribution < -0.4 is 5.73 Å². The van der Waals surface area contributed by atoms with E-state index in [1.165, 1.54) is 0 Å². The summed E-state index contributed by atoms with van der Waals surface area (Å²) in [6, 6.07) is 4.45. The topological polar surface area (TPSA) is 45.4 Å². The molecule has 1 atom stereocenters. The molecule has 0 bridgehead atoms. The van der Waals surface area contributed by atoms with E-state index in [4.69, 9.17) is 18.0 Å². The van der Waals surface area contributed by atoms with Gasteiger partial charge in [0, 0.05) is 25.3 Å². The van der Waals surface area contributed by atoms with E-state index in [0.29, 0.717) is 11.0 Å². The Bertz CT molecular complexity index is 420. The van der Waals surface area contributed by atoms with Gasteiger partial charge in [0.1, 0.15) is 10.7 Å². The minimum atomic E-state index is 0.368. The van der Waals surface area contributed by atoms with E-state index >= 15 is 0 Å². The molecule has 0 fully saturated rings. The zero-order valence-electron chi connectivity index (χ0n) is 12.3. The lowest BCUT2D eigenvalue weighted by molar-refractivity contribution is 0.174. The summed E-state index contributed by atoms with van der Waals surface area (Å²) < 4.78 is 0. The highest BCUT2D eigenvalue weighted by Crippen LogP contribution is 2.12. The highest BCUT2D eigenvalue weighted by molar-refractivity contribution is 7.80. The van der Waals surface area contributed by atoms with Crippen LogP contribution in [0.5, 0.6) is 0 Å². The monoisotopic (exact) mass is 280 g/mol. The minimum absolute atomic E-state index is 0.368. The molecule has 0 saturated heterocycles. The van der Waals surface area contributed by atoms with E-state index in [1.54, 1.807) is 6.20 Å². The summed E-state index contributed by atoms with van der Waals surface area (Å²) in [5.74, 6) is 0. The molecule has 1 unspecified atom stereocenters. The fourth-order valence-electron chi connectivity index (χ4n) is 2.23. The molecule has 0 aliphatic heterocycles. The smallest absolute Gasteiger partial charge is 0.123 e. The third-order valence-corrected chi connectivity index (χ3v) is 3.35. The number of pyridine rings is 1. The molecular formula is C14H24N4S. The fraction of sp³-hybridized carbons (Fsp3) is 0.571. The number of nitrogens with zero attached hydrogens (tertiary/aromatic N) is 3. The Kier molecular flexibility index (Phi) is 6.34. The Morgan fingerprint density at radius 3 is 2.68 bits per heavy atom. The number of likely N-dealkylation sites (N-methyl/N-ethyl adjacent to an activating group) is 2. The Labute approximate surface area is 121 Å². The highest BCUT2D eigenvalue weighted by atomic mass is 32.1. The summed E-state index contributed by atoms with van der Waals surface area (Å²) in [5.41, 5.74) is 7.57. The minimum Gasteiger partial charge on any atom is -0.388 e. The summed E-state index contributed by atoms with van der Waals surface area (Å²) in [4.78, 5) is 9.25. The SMILES string of the molecule is CCN(Cc1cccnc1C(N)=S)C(C)CN(C)C. The number of hydrogen-bond acceptors (Lipinski definition) is 4. The Balaban J connectivity index is 2.84. The average molecular weight is 280 g/mol. The summed E-state index contributed by atoms with van der Waals surface area (Å²) in [6.07, 6.45) is 1.73.